The van der Waals surface area contributed by atoms with Crippen LogP contribution in [0, 0.1) is 10.1 Å². The number of fused-ring (bicyclic) bond motifs is 3. The number of nitro groups is 1. The molecule has 0 N–H and O–H groups in total. The maximum absolute atomic E-state index is 12.0. The SMILES string of the molecule is C=C(C)C(=O)Oc1cc([N+](=O)[O-])cc2c3ccccc3n(CC)c12. The number of esters is 1. The summed E-state index contributed by atoms with van der Waals surface area (Å²) >= 11 is 0. The second-order valence-corrected chi connectivity index (χ2v) is 5.53. The monoisotopic (exact) mass is 324 g/mol. The minimum Gasteiger partial charge on any atom is -0.421 e. The van der Waals surface area contributed by atoms with E-state index in [1.54, 1.807) is 0 Å². The van der Waals surface area contributed by atoms with Gasteiger partial charge in [-0.15, -0.1) is 0 Å². The number of aryl methyl sites for hydroxylation is 1. The second-order valence-electron chi connectivity index (χ2n) is 5.53. The van der Waals surface area contributed by atoms with Gasteiger partial charge in [0.25, 0.3) is 5.69 Å². The van der Waals surface area contributed by atoms with E-state index >= 15 is 0 Å². The van der Waals surface area contributed by atoms with E-state index in [9.17, 15) is 14.9 Å². The number of carbonyl (C=O) groups excluding carboxylic acids is 1. The Bertz CT molecular complexity index is 1000. The van der Waals surface area contributed by atoms with Crippen LogP contribution in [0.2, 0.25) is 0 Å². The molecule has 0 aliphatic carbocycles. The average Bonchev–Trinajstić information content (AvgIpc) is 2.88. The van der Waals surface area contributed by atoms with Crippen molar-refractivity contribution in [3.63, 3.8) is 0 Å². The number of benzene rings is 2. The highest BCUT2D eigenvalue weighted by molar-refractivity contribution is 6.11. The molecule has 0 saturated carbocycles. The van der Waals surface area contributed by atoms with E-state index in [-0.39, 0.29) is 17.0 Å². The van der Waals surface area contributed by atoms with E-state index in [1.165, 1.54) is 19.1 Å². The quantitative estimate of drug-likeness (QED) is 0.237. The van der Waals surface area contributed by atoms with Gasteiger partial charge in [-0.25, -0.2) is 4.79 Å². The maximum atomic E-state index is 12.0. The molecular formula is C18H16N2O4. The summed E-state index contributed by atoms with van der Waals surface area (Å²) in [5.74, 6) is -0.435. The number of aromatic nitrogens is 1. The van der Waals surface area contributed by atoms with Crippen LogP contribution >= 0.6 is 0 Å². The molecule has 0 atom stereocenters. The summed E-state index contributed by atoms with van der Waals surface area (Å²) < 4.78 is 7.37. The molecule has 6 nitrogen and oxygen atoms in total. The van der Waals surface area contributed by atoms with Crippen LogP contribution in [0.4, 0.5) is 5.69 Å². The third kappa shape index (κ3) is 2.42. The Morgan fingerprint density at radius 2 is 2.00 bits per heavy atom. The molecule has 0 amide bonds. The van der Waals surface area contributed by atoms with Crippen molar-refractivity contribution < 1.29 is 14.5 Å². The Hall–Kier alpha value is -3.15. The summed E-state index contributed by atoms with van der Waals surface area (Å²) in [5.41, 5.74) is 1.71. The molecule has 0 fully saturated rings. The van der Waals surface area contributed by atoms with Gasteiger partial charge in [0.05, 0.1) is 16.5 Å². The van der Waals surface area contributed by atoms with Gasteiger partial charge in [-0.3, -0.25) is 10.1 Å². The predicted octanol–water partition coefficient (Wildman–Crippen LogP) is 4.20. The van der Waals surface area contributed by atoms with Gasteiger partial charge in [-0.05, 0) is 19.9 Å². The van der Waals surface area contributed by atoms with E-state index in [4.69, 9.17) is 4.74 Å². The Labute approximate surface area is 138 Å². The molecular weight excluding hydrogens is 308 g/mol. The Morgan fingerprint density at radius 3 is 2.62 bits per heavy atom. The minimum atomic E-state index is -0.607. The Kier molecular flexibility index (Phi) is 3.81. The Balaban J connectivity index is 2.41. The molecule has 1 heterocycles. The Morgan fingerprint density at radius 1 is 1.29 bits per heavy atom. The molecule has 0 radical (unpaired) electrons. The molecule has 0 bridgehead atoms. The fraction of sp³-hybridized carbons (Fsp3) is 0.167. The van der Waals surface area contributed by atoms with Gasteiger partial charge in [0.2, 0.25) is 0 Å². The van der Waals surface area contributed by atoms with Crippen LogP contribution in [-0.2, 0) is 11.3 Å². The van der Waals surface area contributed by atoms with Crippen molar-refractivity contribution in [3.05, 3.63) is 58.7 Å². The number of hydrogen-bond acceptors (Lipinski definition) is 4. The summed E-state index contributed by atoms with van der Waals surface area (Å²) in [6.45, 7) is 7.70. The highest BCUT2D eigenvalue weighted by Crippen LogP contribution is 2.38. The fourth-order valence-corrected chi connectivity index (χ4v) is 2.83. The van der Waals surface area contributed by atoms with Gasteiger partial charge >= 0.3 is 5.97 Å². The molecule has 6 heteroatoms. The van der Waals surface area contributed by atoms with Crippen LogP contribution in [0.3, 0.4) is 0 Å². The van der Waals surface area contributed by atoms with Gasteiger partial charge in [0.1, 0.15) is 0 Å². The first-order valence-electron chi connectivity index (χ1n) is 7.51. The van der Waals surface area contributed by atoms with Crippen molar-refractivity contribution in [1.82, 2.24) is 4.57 Å². The average molecular weight is 324 g/mol. The lowest BCUT2D eigenvalue weighted by atomic mass is 10.1. The molecule has 1 aromatic heterocycles. The van der Waals surface area contributed by atoms with Crippen molar-refractivity contribution in [3.8, 4) is 5.75 Å². The first-order valence-corrected chi connectivity index (χ1v) is 7.51. The van der Waals surface area contributed by atoms with Gasteiger partial charge in [-0.1, -0.05) is 24.8 Å². The zero-order valence-corrected chi connectivity index (χ0v) is 13.4. The summed E-state index contributed by atoms with van der Waals surface area (Å²) in [5, 5.41) is 12.8. The molecule has 0 unspecified atom stereocenters. The molecule has 3 rings (SSSR count). The van der Waals surface area contributed by atoms with E-state index in [1.807, 2.05) is 35.8 Å². The number of hydrogen-bond donors (Lipinski definition) is 0. The molecule has 2 aromatic carbocycles. The first-order chi connectivity index (χ1) is 11.4. The van der Waals surface area contributed by atoms with E-state index in [2.05, 4.69) is 6.58 Å². The first kappa shape index (κ1) is 15.7. The molecule has 3 aromatic rings. The largest absolute Gasteiger partial charge is 0.421 e. The molecule has 0 saturated heterocycles. The third-order valence-electron chi connectivity index (χ3n) is 3.89. The number of rotatable bonds is 4. The van der Waals surface area contributed by atoms with E-state index in [0.717, 1.165) is 10.9 Å². The summed E-state index contributed by atoms with van der Waals surface area (Å²) in [6, 6.07) is 10.4. The lowest BCUT2D eigenvalue weighted by molar-refractivity contribution is -0.384. The lowest BCUT2D eigenvalue weighted by Crippen LogP contribution is -2.09. The van der Waals surface area contributed by atoms with Gasteiger partial charge in [-0.2, -0.15) is 0 Å². The topological polar surface area (TPSA) is 74.4 Å². The molecule has 122 valence electrons. The zero-order chi connectivity index (χ0) is 17.4. The number of nitro benzene ring substituents is 1. The molecule has 0 aliphatic heterocycles. The molecule has 0 spiro atoms. The van der Waals surface area contributed by atoms with Crippen molar-refractivity contribution >= 4 is 33.5 Å². The summed E-state index contributed by atoms with van der Waals surface area (Å²) in [7, 11) is 0. The van der Waals surface area contributed by atoms with E-state index in [0.29, 0.717) is 17.4 Å². The third-order valence-corrected chi connectivity index (χ3v) is 3.89. The zero-order valence-electron chi connectivity index (χ0n) is 13.4. The van der Waals surface area contributed by atoms with Gasteiger partial charge in [0.15, 0.2) is 5.75 Å². The normalized spacial score (nSPS) is 10.9. The number of non-ortho nitro benzene ring substituents is 1. The number of carbonyl (C=O) groups is 1. The van der Waals surface area contributed by atoms with Gasteiger partial charge < -0.3 is 9.30 Å². The molecule has 0 aliphatic rings. The molecule has 24 heavy (non-hydrogen) atoms. The number of nitrogens with zero attached hydrogens (tertiary/aromatic N) is 2. The minimum absolute atomic E-state index is 0.119. The van der Waals surface area contributed by atoms with Crippen molar-refractivity contribution in [1.29, 1.82) is 0 Å². The van der Waals surface area contributed by atoms with Crippen LogP contribution in [-0.4, -0.2) is 15.5 Å². The highest BCUT2D eigenvalue weighted by atomic mass is 16.6. The summed E-state index contributed by atoms with van der Waals surface area (Å²) in [4.78, 5) is 22.7. The van der Waals surface area contributed by atoms with Crippen LogP contribution in [0.5, 0.6) is 5.75 Å². The van der Waals surface area contributed by atoms with Gasteiger partial charge in [0, 0.05) is 34.5 Å². The summed E-state index contributed by atoms with van der Waals surface area (Å²) in [6.07, 6.45) is 0. The lowest BCUT2D eigenvalue weighted by Gasteiger charge is -2.09. The van der Waals surface area contributed by atoms with Crippen LogP contribution < -0.4 is 4.74 Å². The highest BCUT2D eigenvalue weighted by Gasteiger charge is 2.21. The number of para-hydroxylation sites is 1. The maximum Gasteiger partial charge on any atom is 0.338 e. The van der Waals surface area contributed by atoms with Crippen molar-refractivity contribution in [2.24, 2.45) is 0 Å². The van der Waals surface area contributed by atoms with Crippen LogP contribution in [0.25, 0.3) is 21.8 Å². The second kappa shape index (κ2) is 5.81. The van der Waals surface area contributed by atoms with Crippen molar-refractivity contribution in [2.45, 2.75) is 20.4 Å². The standard InChI is InChI=1S/C18H16N2O4/c1-4-19-15-8-6-5-7-13(15)14-9-12(20(22)23)10-16(17(14)19)24-18(21)11(2)3/h5-10H,2,4H2,1,3H3. The van der Waals surface area contributed by atoms with E-state index < -0.39 is 10.9 Å². The smallest absolute Gasteiger partial charge is 0.338 e. The number of ether oxygens (including phenoxy) is 1. The van der Waals surface area contributed by atoms with Crippen LogP contribution in [0.1, 0.15) is 13.8 Å². The fourth-order valence-electron chi connectivity index (χ4n) is 2.83. The van der Waals surface area contributed by atoms with Crippen LogP contribution in [0.15, 0.2) is 48.6 Å². The predicted molar refractivity (Wildman–Crippen MR) is 92.2 cm³/mol. The van der Waals surface area contributed by atoms with Crippen molar-refractivity contribution in [2.75, 3.05) is 0 Å².